The molecule has 1 atom stereocenters. The van der Waals surface area contributed by atoms with Gasteiger partial charge in [0.2, 0.25) is 0 Å². The molecule has 0 spiro atoms. The van der Waals surface area contributed by atoms with Crippen LogP contribution in [0.4, 0.5) is 5.69 Å². The number of carbonyl (C=O) groups is 2. The Morgan fingerprint density at radius 3 is 2.73 bits per heavy atom. The second-order valence-electron chi connectivity index (χ2n) is 5.25. The Labute approximate surface area is 130 Å². The fraction of sp³-hybridized carbons (Fsp3) is 0.412. The van der Waals surface area contributed by atoms with Crippen molar-refractivity contribution in [2.24, 2.45) is 0 Å². The smallest absolute Gasteiger partial charge is 0.263 e. The van der Waals surface area contributed by atoms with Crippen molar-refractivity contribution < 1.29 is 14.3 Å². The summed E-state index contributed by atoms with van der Waals surface area (Å²) in [5.41, 5.74) is 0.666. The molecule has 1 aromatic rings. The van der Waals surface area contributed by atoms with Crippen molar-refractivity contribution in [3.8, 4) is 5.75 Å². The molecule has 0 saturated carbocycles. The number of fused-ring (bicyclic) bond motifs is 1. The minimum Gasteiger partial charge on any atom is -0.477 e. The first kappa shape index (κ1) is 16.1. The van der Waals surface area contributed by atoms with Crippen molar-refractivity contribution in [3.63, 3.8) is 0 Å². The van der Waals surface area contributed by atoms with Crippen LogP contribution in [0.5, 0.6) is 5.75 Å². The van der Waals surface area contributed by atoms with Gasteiger partial charge in [0.05, 0.1) is 12.2 Å². The number of hydrogen-bond donors (Lipinski definition) is 1. The zero-order valence-corrected chi connectivity index (χ0v) is 13.0. The molecule has 0 aromatic heterocycles. The Hall–Kier alpha value is -2.30. The van der Waals surface area contributed by atoms with Gasteiger partial charge in [0.15, 0.2) is 6.10 Å². The summed E-state index contributed by atoms with van der Waals surface area (Å²) in [6.07, 6.45) is 2.26. The van der Waals surface area contributed by atoms with Gasteiger partial charge in [-0.05, 0) is 31.1 Å². The monoisotopic (exact) mass is 302 g/mol. The van der Waals surface area contributed by atoms with Crippen LogP contribution in [0.15, 0.2) is 36.9 Å². The van der Waals surface area contributed by atoms with E-state index in [4.69, 9.17) is 4.74 Å². The first-order valence-corrected chi connectivity index (χ1v) is 7.60. The second-order valence-corrected chi connectivity index (χ2v) is 5.25. The van der Waals surface area contributed by atoms with E-state index in [1.54, 1.807) is 12.1 Å². The van der Waals surface area contributed by atoms with E-state index >= 15 is 0 Å². The van der Waals surface area contributed by atoms with Gasteiger partial charge in [0.25, 0.3) is 11.8 Å². The summed E-state index contributed by atoms with van der Waals surface area (Å²) in [4.78, 5) is 26.0. The summed E-state index contributed by atoms with van der Waals surface area (Å²) >= 11 is 0. The highest BCUT2D eigenvalue weighted by Crippen LogP contribution is 2.33. The molecule has 5 nitrogen and oxygen atoms in total. The number of para-hydroxylation sites is 2. The Morgan fingerprint density at radius 1 is 1.41 bits per heavy atom. The Kier molecular flexibility index (Phi) is 5.20. The van der Waals surface area contributed by atoms with Gasteiger partial charge in [-0.3, -0.25) is 9.59 Å². The van der Waals surface area contributed by atoms with Crippen molar-refractivity contribution in [1.29, 1.82) is 0 Å². The largest absolute Gasteiger partial charge is 0.477 e. The molecule has 0 saturated heterocycles. The molecule has 1 heterocycles. The molecule has 1 N–H and O–H groups in total. The van der Waals surface area contributed by atoms with Crippen molar-refractivity contribution in [2.75, 3.05) is 11.4 Å². The van der Waals surface area contributed by atoms with Crippen LogP contribution in [0.1, 0.15) is 26.7 Å². The number of nitrogens with one attached hydrogen (secondary N) is 1. The number of amides is 2. The quantitative estimate of drug-likeness (QED) is 0.849. The third-order valence-corrected chi connectivity index (χ3v) is 3.84. The van der Waals surface area contributed by atoms with E-state index in [0.29, 0.717) is 11.4 Å². The summed E-state index contributed by atoms with van der Waals surface area (Å²) in [6.45, 7) is 7.76. The van der Waals surface area contributed by atoms with Gasteiger partial charge >= 0.3 is 0 Å². The van der Waals surface area contributed by atoms with Crippen LogP contribution in [-0.2, 0) is 9.59 Å². The van der Waals surface area contributed by atoms with Gasteiger partial charge in [0.1, 0.15) is 5.75 Å². The van der Waals surface area contributed by atoms with Gasteiger partial charge in [-0.2, -0.15) is 0 Å². The van der Waals surface area contributed by atoms with Gasteiger partial charge < -0.3 is 15.0 Å². The Morgan fingerprint density at radius 2 is 2.09 bits per heavy atom. The number of nitrogens with zero attached hydrogens (tertiary/aromatic N) is 1. The lowest BCUT2D eigenvalue weighted by Gasteiger charge is -2.34. The third-order valence-electron chi connectivity index (χ3n) is 3.84. The molecular formula is C17H22N2O3. The van der Waals surface area contributed by atoms with Crippen LogP contribution in [0.3, 0.4) is 0 Å². The zero-order valence-electron chi connectivity index (χ0n) is 13.0. The molecular weight excluding hydrogens is 280 g/mol. The van der Waals surface area contributed by atoms with Gasteiger partial charge in [-0.15, -0.1) is 0 Å². The lowest BCUT2D eigenvalue weighted by molar-refractivity contribution is -0.129. The van der Waals surface area contributed by atoms with Crippen LogP contribution in [0, 0.1) is 0 Å². The average molecular weight is 302 g/mol. The highest BCUT2D eigenvalue weighted by molar-refractivity contribution is 6.03. The SMILES string of the molecule is C=CC(=O)N1CC(C(=O)NC(CC)CC)Oc2ccccc21. The first-order chi connectivity index (χ1) is 10.6. The van der Waals surface area contributed by atoms with E-state index in [2.05, 4.69) is 11.9 Å². The van der Waals surface area contributed by atoms with Crippen LogP contribution in [-0.4, -0.2) is 30.5 Å². The van der Waals surface area contributed by atoms with E-state index in [9.17, 15) is 9.59 Å². The molecule has 2 amide bonds. The Bertz CT molecular complexity index is 567. The predicted octanol–water partition coefficient (Wildman–Crippen LogP) is 2.27. The number of rotatable bonds is 5. The first-order valence-electron chi connectivity index (χ1n) is 7.60. The van der Waals surface area contributed by atoms with Crippen molar-refractivity contribution >= 4 is 17.5 Å². The van der Waals surface area contributed by atoms with E-state index in [-0.39, 0.29) is 24.4 Å². The van der Waals surface area contributed by atoms with E-state index in [1.165, 1.54) is 11.0 Å². The lowest BCUT2D eigenvalue weighted by atomic mass is 10.1. The van der Waals surface area contributed by atoms with Crippen LogP contribution in [0.2, 0.25) is 0 Å². The zero-order chi connectivity index (χ0) is 16.1. The minimum atomic E-state index is -0.709. The minimum absolute atomic E-state index is 0.122. The van der Waals surface area contributed by atoms with Crippen LogP contribution < -0.4 is 15.0 Å². The number of anilines is 1. The summed E-state index contributed by atoms with van der Waals surface area (Å²) in [7, 11) is 0. The number of carbonyl (C=O) groups excluding carboxylic acids is 2. The summed E-state index contributed by atoms with van der Waals surface area (Å²) < 4.78 is 5.77. The van der Waals surface area contributed by atoms with Crippen LogP contribution >= 0.6 is 0 Å². The maximum Gasteiger partial charge on any atom is 0.263 e. The van der Waals surface area contributed by atoms with E-state index in [0.717, 1.165) is 12.8 Å². The molecule has 1 aromatic carbocycles. The van der Waals surface area contributed by atoms with E-state index < -0.39 is 6.10 Å². The highest BCUT2D eigenvalue weighted by Gasteiger charge is 2.33. The predicted molar refractivity (Wildman–Crippen MR) is 85.9 cm³/mol. The summed E-state index contributed by atoms with van der Waals surface area (Å²) in [5.74, 6) is 0.106. The number of hydrogen-bond acceptors (Lipinski definition) is 3. The fourth-order valence-corrected chi connectivity index (χ4v) is 2.48. The van der Waals surface area contributed by atoms with Crippen molar-refractivity contribution in [2.45, 2.75) is 38.8 Å². The van der Waals surface area contributed by atoms with Crippen molar-refractivity contribution in [3.05, 3.63) is 36.9 Å². The van der Waals surface area contributed by atoms with Crippen LogP contribution in [0.25, 0.3) is 0 Å². The molecule has 22 heavy (non-hydrogen) atoms. The molecule has 5 heteroatoms. The lowest BCUT2D eigenvalue weighted by Crippen LogP contribution is -2.52. The summed E-state index contributed by atoms with van der Waals surface area (Å²) in [6, 6.07) is 7.32. The highest BCUT2D eigenvalue weighted by atomic mass is 16.5. The van der Waals surface area contributed by atoms with E-state index in [1.807, 2.05) is 26.0 Å². The third kappa shape index (κ3) is 3.30. The normalized spacial score (nSPS) is 16.7. The fourth-order valence-electron chi connectivity index (χ4n) is 2.48. The van der Waals surface area contributed by atoms with Gasteiger partial charge in [-0.25, -0.2) is 0 Å². The topological polar surface area (TPSA) is 58.6 Å². The molecule has 1 aliphatic heterocycles. The second kappa shape index (κ2) is 7.11. The average Bonchev–Trinajstić information content (AvgIpc) is 2.57. The molecule has 2 rings (SSSR count). The molecule has 1 unspecified atom stereocenters. The maximum absolute atomic E-state index is 12.4. The van der Waals surface area contributed by atoms with Gasteiger partial charge in [-0.1, -0.05) is 32.6 Å². The molecule has 0 aliphatic carbocycles. The Balaban J connectivity index is 2.21. The number of ether oxygens (including phenoxy) is 1. The van der Waals surface area contributed by atoms with Gasteiger partial charge in [0, 0.05) is 6.04 Å². The summed E-state index contributed by atoms with van der Waals surface area (Å²) in [5, 5.41) is 2.97. The molecule has 0 radical (unpaired) electrons. The molecule has 1 aliphatic rings. The number of benzene rings is 1. The molecule has 0 fully saturated rings. The maximum atomic E-state index is 12.4. The standard InChI is InChI=1S/C17H22N2O3/c1-4-12(5-2)18-17(21)15-11-19(16(20)6-3)13-9-7-8-10-14(13)22-15/h6-10,12,15H,3-5,11H2,1-2H3,(H,18,21). The van der Waals surface area contributed by atoms with Crippen molar-refractivity contribution in [1.82, 2.24) is 5.32 Å². The molecule has 0 bridgehead atoms. The molecule has 118 valence electrons.